The molecule has 1 amide bonds. The van der Waals surface area contributed by atoms with E-state index in [4.69, 9.17) is 5.11 Å². The second-order valence-electron chi connectivity index (χ2n) is 4.58. The van der Waals surface area contributed by atoms with Crippen LogP contribution in [0.3, 0.4) is 0 Å². The lowest BCUT2D eigenvalue weighted by atomic mass is 10.3. The molecule has 1 N–H and O–H groups in total. The Morgan fingerprint density at radius 2 is 2.14 bits per heavy atom. The topological polar surface area (TPSA) is 75.4 Å². The van der Waals surface area contributed by atoms with Crippen LogP contribution in [-0.2, 0) is 16.1 Å². The Kier molecular flexibility index (Phi) is 4.89. The van der Waals surface area contributed by atoms with Crippen LogP contribution < -0.4 is 0 Å². The standard InChI is InChI=1S/C13H14BrN3O3S/c1-16(2)11(18)6-17-10-4-3-8(14)5-9(10)15-13(17)21-7-12(19)20/h3-5H,6-7H2,1-2H3,(H,19,20). The van der Waals surface area contributed by atoms with E-state index in [9.17, 15) is 9.59 Å². The minimum Gasteiger partial charge on any atom is -0.481 e. The number of halogens is 1. The fourth-order valence-corrected chi connectivity index (χ4v) is 2.83. The number of benzene rings is 1. The molecule has 0 saturated carbocycles. The number of aliphatic carboxylic acids is 1. The molecule has 0 radical (unpaired) electrons. The minimum absolute atomic E-state index is 0.0746. The van der Waals surface area contributed by atoms with Gasteiger partial charge in [-0.15, -0.1) is 0 Å². The molecule has 1 heterocycles. The number of imidazole rings is 1. The Balaban J connectivity index is 2.44. The quantitative estimate of drug-likeness (QED) is 0.814. The third kappa shape index (κ3) is 3.76. The van der Waals surface area contributed by atoms with Gasteiger partial charge < -0.3 is 14.6 Å². The van der Waals surface area contributed by atoms with Crippen molar-refractivity contribution < 1.29 is 14.7 Å². The number of hydrogen-bond donors (Lipinski definition) is 1. The Labute approximate surface area is 134 Å². The number of rotatable bonds is 5. The second-order valence-corrected chi connectivity index (χ2v) is 6.44. The zero-order chi connectivity index (χ0) is 15.6. The molecule has 2 aromatic rings. The Morgan fingerprint density at radius 3 is 2.76 bits per heavy atom. The van der Waals surface area contributed by atoms with Gasteiger partial charge in [-0.25, -0.2) is 4.98 Å². The number of thioether (sulfide) groups is 1. The minimum atomic E-state index is -0.918. The number of carbonyl (C=O) groups is 2. The van der Waals surface area contributed by atoms with E-state index in [0.29, 0.717) is 5.16 Å². The van der Waals surface area contributed by atoms with E-state index in [1.54, 1.807) is 18.7 Å². The Hall–Kier alpha value is -1.54. The molecule has 8 heteroatoms. The molecule has 0 unspecified atom stereocenters. The van der Waals surface area contributed by atoms with Crippen molar-refractivity contribution in [2.24, 2.45) is 0 Å². The van der Waals surface area contributed by atoms with Crippen molar-refractivity contribution in [3.8, 4) is 0 Å². The third-order valence-corrected chi connectivity index (χ3v) is 4.25. The lowest BCUT2D eigenvalue weighted by Crippen LogP contribution is -2.26. The summed E-state index contributed by atoms with van der Waals surface area (Å²) in [6.07, 6.45) is 0. The molecule has 0 spiro atoms. The highest BCUT2D eigenvalue weighted by Crippen LogP contribution is 2.26. The van der Waals surface area contributed by atoms with Gasteiger partial charge in [0, 0.05) is 18.6 Å². The number of amides is 1. The average molecular weight is 372 g/mol. The first-order valence-electron chi connectivity index (χ1n) is 6.09. The molecule has 0 fully saturated rings. The van der Waals surface area contributed by atoms with Crippen molar-refractivity contribution in [1.29, 1.82) is 0 Å². The molecule has 21 heavy (non-hydrogen) atoms. The second kappa shape index (κ2) is 6.48. The maximum atomic E-state index is 12.0. The van der Waals surface area contributed by atoms with Gasteiger partial charge in [0.25, 0.3) is 0 Å². The average Bonchev–Trinajstić information content (AvgIpc) is 2.73. The normalized spacial score (nSPS) is 10.8. The third-order valence-electron chi connectivity index (χ3n) is 2.79. The van der Waals surface area contributed by atoms with E-state index in [-0.39, 0.29) is 18.2 Å². The van der Waals surface area contributed by atoms with Gasteiger partial charge in [0.2, 0.25) is 5.91 Å². The van der Waals surface area contributed by atoms with Crippen LogP contribution in [-0.4, -0.2) is 51.3 Å². The summed E-state index contributed by atoms with van der Waals surface area (Å²) in [4.78, 5) is 28.6. The predicted molar refractivity (Wildman–Crippen MR) is 84.5 cm³/mol. The molecular formula is C13H14BrN3O3S. The first-order valence-corrected chi connectivity index (χ1v) is 7.87. The van der Waals surface area contributed by atoms with Crippen molar-refractivity contribution in [3.63, 3.8) is 0 Å². The smallest absolute Gasteiger partial charge is 0.313 e. The summed E-state index contributed by atoms with van der Waals surface area (Å²) in [7, 11) is 3.37. The molecule has 6 nitrogen and oxygen atoms in total. The Bertz CT molecular complexity index is 699. The van der Waals surface area contributed by atoms with E-state index in [1.807, 2.05) is 18.2 Å². The molecule has 112 valence electrons. The molecule has 1 aromatic heterocycles. The van der Waals surface area contributed by atoms with Gasteiger partial charge in [0.1, 0.15) is 6.54 Å². The highest BCUT2D eigenvalue weighted by Gasteiger charge is 2.16. The number of fused-ring (bicyclic) bond motifs is 1. The largest absolute Gasteiger partial charge is 0.481 e. The highest BCUT2D eigenvalue weighted by atomic mass is 79.9. The van der Waals surface area contributed by atoms with E-state index in [0.717, 1.165) is 27.3 Å². The van der Waals surface area contributed by atoms with Gasteiger partial charge in [-0.3, -0.25) is 9.59 Å². The van der Waals surface area contributed by atoms with Crippen molar-refractivity contribution in [2.75, 3.05) is 19.8 Å². The van der Waals surface area contributed by atoms with Crippen molar-refractivity contribution in [3.05, 3.63) is 22.7 Å². The maximum absolute atomic E-state index is 12.0. The first kappa shape index (κ1) is 15.8. The molecule has 2 rings (SSSR count). The number of aromatic nitrogens is 2. The Morgan fingerprint density at radius 1 is 1.43 bits per heavy atom. The van der Waals surface area contributed by atoms with Crippen molar-refractivity contribution >= 4 is 50.6 Å². The van der Waals surface area contributed by atoms with Gasteiger partial charge in [-0.1, -0.05) is 27.7 Å². The van der Waals surface area contributed by atoms with Gasteiger partial charge >= 0.3 is 5.97 Å². The van der Waals surface area contributed by atoms with E-state index in [2.05, 4.69) is 20.9 Å². The zero-order valence-corrected chi connectivity index (χ0v) is 13.9. The molecule has 0 saturated heterocycles. The number of carboxylic acids is 1. The summed E-state index contributed by atoms with van der Waals surface area (Å²) < 4.78 is 2.63. The van der Waals surface area contributed by atoms with E-state index >= 15 is 0 Å². The summed E-state index contributed by atoms with van der Waals surface area (Å²) in [5.41, 5.74) is 1.53. The summed E-state index contributed by atoms with van der Waals surface area (Å²) in [5, 5.41) is 9.34. The summed E-state index contributed by atoms with van der Waals surface area (Å²) >= 11 is 4.48. The molecule has 0 aliphatic rings. The SMILES string of the molecule is CN(C)C(=O)Cn1c(SCC(=O)O)nc2cc(Br)ccc21. The van der Waals surface area contributed by atoms with Gasteiger partial charge in [0.05, 0.1) is 16.8 Å². The molecule has 0 atom stereocenters. The lowest BCUT2D eigenvalue weighted by Gasteiger charge is -2.13. The van der Waals surface area contributed by atoms with Crippen LogP contribution in [0.4, 0.5) is 0 Å². The number of nitrogens with zero attached hydrogens (tertiary/aromatic N) is 3. The van der Waals surface area contributed by atoms with Crippen LogP contribution >= 0.6 is 27.7 Å². The number of carboxylic acid groups (broad SMARTS) is 1. The van der Waals surface area contributed by atoms with Crippen LogP contribution in [0.5, 0.6) is 0 Å². The summed E-state index contributed by atoms with van der Waals surface area (Å²) in [6.45, 7) is 0.132. The van der Waals surface area contributed by atoms with Crippen LogP contribution in [0.15, 0.2) is 27.8 Å². The van der Waals surface area contributed by atoms with E-state index < -0.39 is 5.97 Å². The predicted octanol–water partition coefficient (Wildman–Crippen LogP) is 2.06. The molecule has 1 aromatic carbocycles. The van der Waals surface area contributed by atoms with Crippen LogP contribution in [0.2, 0.25) is 0 Å². The number of likely N-dealkylation sites (N-methyl/N-ethyl adjacent to an activating group) is 1. The van der Waals surface area contributed by atoms with Gasteiger partial charge in [-0.05, 0) is 18.2 Å². The van der Waals surface area contributed by atoms with E-state index in [1.165, 1.54) is 4.90 Å². The van der Waals surface area contributed by atoms with Gasteiger partial charge in [0.15, 0.2) is 5.16 Å². The van der Waals surface area contributed by atoms with Gasteiger partial charge in [-0.2, -0.15) is 0 Å². The zero-order valence-electron chi connectivity index (χ0n) is 11.5. The van der Waals surface area contributed by atoms with Crippen LogP contribution in [0.25, 0.3) is 11.0 Å². The van der Waals surface area contributed by atoms with Crippen LogP contribution in [0.1, 0.15) is 0 Å². The van der Waals surface area contributed by atoms with Crippen molar-refractivity contribution in [1.82, 2.24) is 14.5 Å². The monoisotopic (exact) mass is 371 g/mol. The summed E-state index contributed by atoms with van der Waals surface area (Å²) in [5.74, 6) is -1.09. The van der Waals surface area contributed by atoms with Crippen molar-refractivity contribution in [2.45, 2.75) is 11.7 Å². The fourth-order valence-electron chi connectivity index (χ4n) is 1.75. The summed E-state index contributed by atoms with van der Waals surface area (Å²) in [6, 6.07) is 5.57. The first-order chi connectivity index (χ1) is 9.88. The molecule has 0 aliphatic heterocycles. The maximum Gasteiger partial charge on any atom is 0.313 e. The number of hydrogen-bond acceptors (Lipinski definition) is 4. The molecular weight excluding hydrogens is 358 g/mol. The number of carbonyl (C=O) groups excluding carboxylic acids is 1. The highest BCUT2D eigenvalue weighted by molar-refractivity contribution is 9.10. The lowest BCUT2D eigenvalue weighted by molar-refractivity contribution is -0.134. The molecule has 0 aliphatic carbocycles. The van der Waals surface area contributed by atoms with Crippen LogP contribution in [0, 0.1) is 0 Å². The molecule has 0 bridgehead atoms. The fraction of sp³-hybridized carbons (Fsp3) is 0.308.